The molecule has 1 heterocycles. The van der Waals surface area contributed by atoms with Crippen molar-refractivity contribution in [2.45, 2.75) is 20.0 Å². The quantitative estimate of drug-likeness (QED) is 0.845. The lowest BCUT2D eigenvalue weighted by Gasteiger charge is -2.14. The monoisotopic (exact) mass is 358 g/mol. The lowest BCUT2D eigenvalue weighted by atomic mass is 10.1. The summed E-state index contributed by atoms with van der Waals surface area (Å²) >= 11 is 5.62. The van der Waals surface area contributed by atoms with E-state index in [2.05, 4.69) is 20.8 Å². The van der Waals surface area contributed by atoms with Gasteiger partial charge in [-0.25, -0.2) is 0 Å². The summed E-state index contributed by atoms with van der Waals surface area (Å²) in [5.74, 6) is -0.146. The second-order valence-corrected chi connectivity index (χ2v) is 5.70. The molecule has 0 fully saturated rings. The van der Waals surface area contributed by atoms with Crippen molar-refractivity contribution in [3.63, 3.8) is 0 Å². The molecule has 2 N–H and O–H groups in total. The fraction of sp³-hybridized carbons (Fsp3) is 0.267. The lowest BCUT2D eigenvalue weighted by Crippen LogP contribution is -2.18. The van der Waals surface area contributed by atoms with Crippen molar-refractivity contribution < 1.29 is 18.0 Å². The smallest absolute Gasteiger partial charge is 0.338 e. The number of nitrogens with one attached hydrogen (secondary N) is 2. The highest BCUT2D eigenvalue weighted by Crippen LogP contribution is 2.37. The summed E-state index contributed by atoms with van der Waals surface area (Å²) in [7, 11) is 0. The topological polar surface area (TPSA) is 66.9 Å². The van der Waals surface area contributed by atoms with Gasteiger partial charge < -0.3 is 10.6 Å². The molecule has 1 aromatic heterocycles. The number of carbonyl (C=O) groups is 1. The number of amides is 1. The highest BCUT2D eigenvalue weighted by atomic mass is 35.5. The maximum atomic E-state index is 13.0. The van der Waals surface area contributed by atoms with Gasteiger partial charge in [-0.1, -0.05) is 25.4 Å². The van der Waals surface area contributed by atoms with Gasteiger partial charge >= 0.3 is 6.18 Å². The molecule has 1 aromatic carbocycles. The van der Waals surface area contributed by atoms with Crippen LogP contribution in [0.15, 0.2) is 30.3 Å². The van der Waals surface area contributed by atoms with Crippen molar-refractivity contribution in [3.05, 3.63) is 40.9 Å². The summed E-state index contributed by atoms with van der Waals surface area (Å²) in [6.45, 7) is 3.44. The van der Waals surface area contributed by atoms with E-state index in [0.717, 1.165) is 6.07 Å². The number of benzene rings is 1. The Kier molecular flexibility index (Phi) is 5.28. The molecule has 0 atom stereocenters. The van der Waals surface area contributed by atoms with Crippen molar-refractivity contribution in [2.24, 2.45) is 5.92 Å². The molecule has 0 bridgehead atoms. The van der Waals surface area contributed by atoms with Crippen LogP contribution < -0.4 is 10.6 Å². The summed E-state index contributed by atoms with van der Waals surface area (Å²) < 4.78 is 39.1. The first-order valence-corrected chi connectivity index (χ1v) is 7.33. The summed E-state index contributed by atoms with van der Waals surface area (Å²) in [5, 5.41) is 12.6. The minimum atomic E-state index is -4.56. The predicted molar refractivity (Wildman–Crippen MR) is 85.2 cm³/mol. The zero-order chi connectivity index (χ0) is 17.9. The molecule has 5 nitrogen and oxygen atoms in total. The van der Waals surface area contributed by atoms with Gasteiger partial charge in [-0.3, -0.25) is 4.79 Å². The van der Waals surface area contributed by atoms with Crippen molar-refractivity contribution in [1.82, 2.24) is 10.2 Å². The Hall–Kier alpha value is -2.35. The Morgan fingerprint density at radius 3 is 2.29 bits per heavy atom. The molecule has 24 heavy (non-hydrogen) atoms. The van der Waals surface area contributed by atoms with Crippen molar-refractivity contribution in [1.29, 1.82) is 0 Å². The number of anilines is 3. The molecule has 2 rings (SSSR count). The molecule has 0 saturated carbocycles. The molecule has 1 amide bonds. The maximum Gasteiger partial charge on any atom is 0.418 e. The van der Waals surface area contributed by atoms with Crippen molar-refractivity contribution >= 4 is 34.8 Å². The normalized spacial score (nSPS) is 11.5. The molecule has 0 spiro atoms. The fourth-order valence-electron chi connectivity index (χ4n) is 1.73. The number of carbonyl (C=O) groups excluding carboxylic acids is 1. The van der Waals surface area contributed by atoms with Crippen molar-refractivity contribution in [3.8, 4) is 0 Å². The Balaban J connectivity index is 2.19. The first kappa shape index (κ1) is 18.0. The highest BCUT2D eigenvalue weighted by Gasteiger charge is 2.34. The SMILES string of the molecule is CC(C)C(=O)Nc1ccc(Nc2ccc(Cl)cc2C(F)(F)F)nn1. The third-order valence-corrected chi connectivity index (χ3v) is 3.23. The Bertz CT molecular complexity index is 732. The van der Waals surface area contributed by atoms with Gasteiger partial charge in [0, 0.05) is 10.9 Å². The van der Waals surface area contributed by atoms with E-state index >= 15 is 0 Å². The van der Waals surface area contributed by atoms with E-state index in [1.165, 1.54) is 24.3 Å². The van der Waals surface area contributed by atoms with E-state index in [-0.39, 0.29) is 34.2 Å². The number of hydrogen-bond donors (Lipinski definition) is 2. The maximum absolute atomic E-state index is 13.0. The van der Waals surface area contributed by atoms with Gasteiger partial charge in [-0.05, 0) is 30.3 Å². The Labute approximate surface area is 141 Å². The van der Waals surface area contributed by atoms with Crippen LogP contribution in [-0.4, -0.2) is 16.1 Å². The highest BCUT2D eigenvalue weighted by molar-refractivity contribution is 6.30. The molecule has 0 radical (unpaired) electrons. The fourth-order valence-corrected chi connectivity index (χ4v) is 1.91. The predicted octanol–water partition coefficient (Wildman–Crippen LogP) is 4.49. The van der Waals surface area contributed by atoms with Crippen LogP contribution in [0, 0.1) is 5.92 Å². The van der Waals surface area contributed by atoms with Crippen LogP contribution in [0.3, 0.4) is 0 Å². The zero-order valence-electron chi connectivity index (χ0n) is 12.8. The first-order valence-electron chi connectivity index (χ1n) is 6.95. The number of halogens is 4. The molecule has 128 valence electrons. The summed E-state index contributed by atoms with van der Waals surface area (Å²) in [5.41, 5.74) is -1.10. The Morgan fingerprint density at radius 1 is 1.12 bits per heavy atom. The van der Waals surface area contributed by atoms with Gasteiger partial charge in [0.25, 0.3) is 0 Å². The van der Waals surface area contributed by atoms with Gasteiger partial charge in [0.15, 0.2) is 11.6 Å². The summed E-state index contributed by atoms with van der Waals surface area (Å²) in [4.78, 5) is 11.5. The Morgan fingerprint density at radius 2 is 1.75 bits per heavy atom. The van der Waals surface area contributed by atoms with Crippen LogP contribution in [0.1, 0.15) is 19.4 Å². The third kappa shape index (κ3) is 4.58. The standard InChI is InChI=1S/C15H14ClF3N4O/c1-8(2)14(24)21-13-6-5-12(22-23-13)20-11-4-3-9(16)7-10(11)15(17,18)19/h3-8H,1-2H3,(H,20,22)(H,21,23,24). The largest absolute Gasteiger partial charge is 0.418 e. The number of nitrogens with zero attached hydrogens (tertiary/aromatic N) is 2. The van der Waals surface area contributed by atoms with E-state index in [0.29, 0.717) is 0 Å². The number of hydrogen-bond acceptors (Lipinski definition) is 4. The van der Waals surface area contributed by atoms with E-state index in [4.69, 9.17) is 11.6 Å². The van der Waals surface area contributed by atoms with Crippen LogP contribution in [-0.2, 0) is 11.0 Å². The third-order valence-electron chi connectivity index (χ3n) is 2.99. The molecule has 2 aromatic rings. The van der Waals surface area contributed by atoms with Crippen molar-refractivity contribution in [2.75, 3.05) is 10.6 Å². The van der Waals surface area contributed by atoms with Crippen LogP contribution in [0.4, 0.5) is 30.5 Å². The second kappa shape index (κ2) is 7.04. The van der Waals surface area contributed by atoms with E-state index in [1.807, 2.05) is 0 Å². The molecule has 0 aliphatic rings. The van der Waals surface area contributed by atoms with Gasteiger partial charge in [0.1, 0.15) is 0 Å². The molecule has 9 heteroatoms. The van der Waals surface area contributed by atoms with Gasteiger partial charge in [0.05, 0.1) is 11.3 Å². The number of aromatic nitrogens is 2. The van der Waals surface area contributed by atoms with Crippen LogP contribution in [0.5, 0.6) is 0 Å². The lowest BCUT2D eigenvalue weighted by molar-refractivity contribution is -0.136. The average Bonchev–Trinajstić information content (AvgIpc) is 2.49. The van der Waals surface area contributed by atoms with Gasteiger partial charge in [-0.2, -0.15) is 13.2 Å². The molecule has 0 unspecified atom stereocenters. The van der Waals surface area contributed by atoms with E-state index in [9.17, 15) is 18.0 Å². The minimum absolute atomic E-state index is 0.0225. The molecule has 0 aliphatic heterocycles. The van der Waals surface area contributed by atoms with Crippen LogP contribution in [0.25, 0.3) is 0 Å². The molecular weight excluding hydrogens is 345 g/mol. The number of rotatable bonds is 4. The second-order valence-electron chi connectivity index (χ2n) is 5.26. The minimum Gasteiger partial charge on any atom is -0.338 e. The first-order chi connectivity index (χ1) is 11.2. The van der Waals surface area contributed by atoms with Crippen LogP contribution >= 0.6 is 11.6 Å². The molecule has 0 saturated heterocycles. The van der Waals surface area contributed by atoms with E-state index in [1.54, 1.807) is 13.8 Å². The molecule has 0 aliphatic carbocycles. The summed E-state index contributed by atoms with van der Waals surface area (Å²) in [6.07, 6.45) is -4.56. The summed E-state index contributed by atoms with van der Waals surface area (Å²) in [6, 6.07) is 6.23. The van der Waals surface area contributed by atoms with Gasteiger partial charge in [-0.15, -0.1) is 10.2 Å². The average molecular weight is 359 g/mol. The zero-order valence-corrected chi connectivity index (χ0v) is 13.5. The van der Waals surface area contributed by atoms with Gasteiger partial charge in [0.2, 0.25) is 5.91 Å². The van der Waals surface area contributed by atoms with Crippen LogP contribution in [0.2, 0.25) is 5.02 Å². The number of alkyl halides is 3. The van der Waals surface area contributed by atoms with E-state index < -0.39 is 11.7 Å². The molecular formula is C15H14ClF3N4O.